The third kappa shape index (κ3) is 5.62. The van der Waals surface area contributed by atoms with Crippen LogP contribution in [0.4, 0.5) is 0 Å². The molecule has 0 N–H and O–H groups in total. The zero-order valence-electron chi connectivity index (χ0n) is 15.5. The summed E-state index contributed by atoms with van der Waals surface area (Å²) in [6.07, 6.45) is 4.44. The lowest BCUT2D eigenvalue weighted by molar-refractivity contribution is -0.142. The van der Waals surface area contributed by atoms with Gasteiger partial charge in [0.1, 0.15) is 11.5 Å². The van der Waals surface area contributed by atoms with E-state index >= 15 is 0 Å². The molecule has 1 aliphatic heterocycles. The number of ether oxygens (including phenoxy) is 3. The van der Waals surface area contributed by atoms with Crippen molar-refractivity contribution in [3.63, 3.8) is 0 Å². The zero-order valence-corrected chi connectivity index (χ0v) is 17.6. The average molecular weight is 468 g/mol. The van der Waals surface area contributed by atoms with Gasteiger partial charge in [-0.05, 0) is 41.5 Å². The quantitative estimate of drug-likeness (QED) is 0.382. The molecule has 5 heteroatoms. The maximum atomic E-state index is 11.9. The highest BCUT2D eigenvalue weighted by Crippen LogP contribution is 2.34. The average Bonchev–Trinajstić information content (AvgIpc) is 2.97. The van der Waals surface area contributed by atoms with E-state index in [2.05, 4.69) is 43.0 Å². The molecule has 0 amide bonds. The number of allylic oxidation sites excluding steroid dienone is 3. The van der Waals surface area contributed by atoms with Gasteiger partial charge in [0, 0.05) is 18.1 Å². The molecule has 26 heavy (non-hydrogen) atoms. The number of rotatable bonds is 8. The number of hydrogen-bond donors (Lipinski definition) is 0. The van der Waals surface area contributed by atoms with Crippen molar-refractivity contribution in [1.29, 1.82) is 0 Å². The summed E-state index contributed by atoms with van der Waals surface area (Å²) >= 11 is 2.20. The number of benzene rings is 1. The first-order valence-electron chi connectivity index (χ1n) is 8.75. The van der Waals surface area contributed by atoms with Gasteiger partial charge >= 0.3 is 5.97 Å². The second-order valence-electron chi connectivity index (χ2n) is 6.38. The molecule has 1 unspecified atom stereocenters. The van der Waals surface area contributed by atoms with E-state index in [1.165, 1.54) is 0 Å². The number of carbonyl (C=O) groups is 1. The highest BCUT2D eigenvalue weighted by Gasteiger charge is 2.28. The van der Waals surface area contributed by atoms with Gasteiger partial charge in [-0.2, -0.15) is 0 Å². The van der Waals surface area contributed by atoms with Crippen LogP contribution in [0.15, 0.2) is 58.1 Å². The number of hydrogen-bond acceptors (Lipinski definition) is 4. The van der Waals surface area contributed by atoms with Gasteiger partial charge in [0.25, 0.3) is 0 Å². The summed E-state index contributed by atoms with van der Waals surface area (Å²) in [5.74, 6) is 2.51. The second kappa shape index (κ2) is 9.80. The molecular formula is C21H25IO4. The molecule has 0 aromatic heterocycles. The molecule has 0 fully saturated rings. The Bertz CT molecular complexity index is 718. The SMILES string of the molecule is C=C/C(I)=C1/OC(CC(C)C)=CC1Oc1ccccc1CC(=O)OCC. The number of carbonyl (C=O) groups excluding carboxylic acids is 1. The standard InChI is InChI=1S/C21H25IO4/c1-5-17(22)21-19(13-16(25-21)11-14(3)4)26-18-10-8-7-9-15(18)12-20(23)24-6-2/h5,7-10,13-14,19H,1,6,11-12H2,2-4H3/b21-17-. The van der Waals surface area contributed by atoms with Crippen LogP contribution in [0, 0.1) is 5.92 Å². The van der Waals surface area contributed by atoms with Crippen molar-refractivity contribution in [2.75, 3.05) is 6.61 Å². The first kappa shape index (κ1) is 20.6. The predicted octanol–water partition coefficient (Wildman–Crippen LogP) is 5.33. The van der Waals surface area contributed by atoms with Crippen molar-refractivity contribution >= 4 is 28.6 Å². The predicted molar refractivity (Wildman–Crippen MR) is 111 cm³/mol. The van der Waals surface area contributed by atoms with Crippen LogP contribution in [-0.2, 0) is 20.7 Å². The van der Waals surface area contributed by atoms with E-state index in [-0.39, 0.29) is 18.5 Å². The van der Waals surface area contributed by atoms with Gasteiger partial charge in [-0.3, -0.25) is 4.79 Å². The number of esters is 1. The fourth-order valence-corrected chi connectivity index (χ4v) is 3.05. The van der Waals surface area contributed by atoms with Crippen LogP contribution >= 0.6 is 22.6 Å². The summed E-state index contributed by atoms with van der Waals surface area (Å²) in [5, 5.41) is 0. The van der Waals surface area contributed by atoms with Gasteiger partial charge in [-0.1, -0.05) is 44.7 Å². The molecular weight excluding hydrogens is 443 g/mol. The third-order valence-electron chi connectivity index (χ3n) is 3.73. The van der Waals surface area contributed by atoms with Crippen LogP contribution in [0.25, 0.3) is 0 Å². The van der Waals surface area contributed by atoms with Crippen molar-refractivity contribution in [1.82, 2.24) is 0 Å². The topological polar surface area (TPSA) is 44.8 Å². The van der Waals surface area contributed by atoms with Crippen LogP contribution in [0.2, 0.25) is 0 Å². The van der Waals surface area contributed by atoms with Crippen molar-refractivity contribution in [3.05, 3.63) is 63.7 Å². The summed E-state index contributed by atoms with van der Waals surface area (Å²) < 4.78 is 18.2. The maximum Gasteiger partial charge on any atom is 0.310 e. The Hall–Kier alpha value is -1.76. The van der Waals surface area contributed by atoms with Gasteiger partial charge in [0.05, 0.1) is 16.6 Å². The second-order valence-corrected chi connectivity index (χ2v) is 7.54. The molecule has 0 saturated carbocycles. The van der Waals surface area contributed by atoms with E-state index in [4.69, 9.17) is 14.2 Å². The summed E-state index contributed by atoms with van der Waals surface area (Å²) in [6.45, 7) is 10.3. The van der Waals surface area contributed by atoms with E-state index in [1.807, 2.05) is 30.3 Å². The van der Waals surface area contributed by atoms with Gasteiger partial charge in [-0.15, -0.1) is 0 Å². The van der Waals surface area contributed by atoms with Crippen LogP contribution in [0.1, 0.15) is 32.8 Å². The molecule has 4 nitrogen and oxygen atoms in total. The summed E-state index contributed by atoms with van der Waals surface area (Å²) in [5.41, 5.74) is 0.796. The molecule has 0 bridgehead atoms. The highest BCUT2D eigenvalue weighted by atomic mass is 127. The lowest BCUT2D eigenvalue weighted by Gasteiger charge is -2.17. The molecule has 140 valence electrons. The molecule has 1 aromatic rings. The van der Waals surface area contributed by atoms with Crippen LogP contribution in [0.5, 0.6) is 5.75 Å². The lowest BCUT2D eigenvalue weighted by atomic mass is 10.1. The normalized spacial score (nSPS) is 18.2. The molecule has 1 atom stereocenters. The first-order chi connectivity index (χ1) is 12.4. The van der Waals surface area contributed by atoms with Crippen molar-refractivity contribution < 1.29 is 19.0 Å². The Balaban J connectivity index is 2.25. The summed E-state index contributed by atoms with van der Waals surface area (Å²) in [7, 11) is 0. The first-order valence-corrected chi connectivity index (χ1v) is 9.83. The van der Waals surface area contributed by atoms with E-state index < -0.39 is 0 Å². The van der Waals surface area contributed by atoms with Gasteiger partial charge in [-0.25, -0.2) is 0 Å². The van der Waals surface area contributed by atoms with Gasteiger partial charge < -0.3 is 14.2 Å². The molecule has 0 spiro atoms. The molecule has 0 saturated heterocycles. The fourth-order valence-electron chi connectivity index (χ4n) is 2.63. The van der Waals surface area contributed by atoms with Crippen LogP contribution in [-0.4, -0.2) is 18.7 Å². The third-order valence-corrected chi connectivity index (χ3v) is 4.70. The van der Waals surface area contributed by atoms with Crippen molar-refractivity contribution in [2.45, 2.75) is 39.7 Å². The van der Waals surface area contributed by atoms with Crippen molar-refractivity contribution in [3.8, 4) is 5.75 Å². The molecule has 2 rings (SSSR count). The monoisotopic (exact) mass is 468 g/mol. The maximum absolute atomic E-state index is 11.9. The van der Waals surface area contributed by atoms with E-state index in [0.29, 0.717) is 18.3 Å². The summed E-state index contributed by atoms with van der Waals surface area (Å²) in [6, 6.07) is 7.52. The Kier molecular flexibility index (Phi) is 7.75. The largest absolute Gasteiger partial charge is 0.478 e. The van der Waals surface area contributed by atoms with Gasteiger partial charge in [0.15, 0.2) is 11.9 Å². The molecule has 1 aromatic carbocycles. The fraction of sp³-hybridized carbons (Fsp3) is 0.381. The molecule has 1 heterocycles. The van der Waals surface area contributed by atoms with E-state index in [9.17, 15) is 4.79 Å². The Labute approximate surface area is 169 Å². The number of para-hydroxylation sites is 1. The Morgan fingerprint density at radius 3 is 2.77 bits per heavy atom. The minimum atomic E-state index is -0.336. The smallest absolute Gasteiger partial charge is 0.310 e. The minimum Gasteiger partial charge on any atom is -0.478 e. The van der Waals surface area contributed by atoms with Crippen molar-refractivity contribution in [2.24, 2.45) is 5.92 Å². The van der Waals surface area contributed by atoms with E-state index in [1.54, 1.807) is 13.0 Å². The zero-order chi connectivity index (χ0) is 19.1. The van der Waals surface area contributed by atoms with Crippen LogP contribution < -0.4 is 4.74 Å². The van der Waals surface area contributed by atoms with Crippen LogP contribution in [0.3, 0.4) is 0 Å². The molecule has 0 radical (unpaired) electrons. The lowest BCUT2D eigenvalue weighted by Crippen LogP contribution is -2.16. The molecule has 1 aliphatic rings. The highest BCUT2D eigenvalue weighted by molar-refractivity contribution is 14.1. The van der Waals surface area contributed by atoms with E-state index in [0.717, 1.165) is 27.1 Å². The molecule has 0 aliphatic carbocycles. The number of halogens is 1. The summed E-state index contributed by atoms with van der Waals surface area (Å²) in [4.78, 5) is 11.9. The Morgan fingerprint density at radius 2 is 2.12 bits per heavy atom. The minimum absolute atomic E-state index is 0.178. The Morgan fingerprint density at radius 1 is 1.38 bits per heavy atom. The van der Waals surface area contributed by atoms with Gasteiger partial charge in [0.2, 0.25) is 0 Å².